The third-order valence-electron chi connectivity index (χ3n) is 3.53. The van der Waals surface area contributed by atoms with Gasteiger partial charge in [0, 0.05) is 6.42 Å². The number of esters is 1. The number of carbonyl (C=O) groups is 1. The van der Waals surface area contributed by atoms with E-state index in [1.165, 1.54) is 58.5 Å². The molecule has 0 radical (unpaired) electrons. The van der Waals surface area contributed by atoms with Crippen molar-refractivity contribution in [2.75, 3.05) is 7.11 Å². The van der Waals surface area contributed by atoms with Crippen molar-refractivity contribution in [3.8, 4) is 0 Å². The van der Waals surface area contributed by atoms with Crippen molar-refractivity contribution in [2.45, 2.75) is 84.0 Å². The highest BCUT2D eigenvalue weighted by Gasteiger charge is 1.96. The fourth-order valence-electron chi connectivity index (χ4n) is 2.16. The van der Waals surface area contributed by atoms with Gasteiger partial charge in [-0.25, -0.2) is 0 Å². The number of unbranched alkanes of at least 4 members (excludes halogenated alkanes) is 8. The summed E-state index contributed by atoms with van der Waals surface area (Å²) < 4.78 is 4.60. The zero-order valence-electron chi connectivity index (χ0n) is 14.1. The van der Waals surface area contributed by atoms with Crippen molar-refractivity contribution in [3.63, 3.8) is 0 Å². The molecule has 0 amide bonds. The van der Waals surface area contributed by atoms with Gasteiger partial charge in [0.15, 0.2) is 0 Å². The van der Waals surface area contributed by atoms with Crippen molar-refractivity contribution in [2.24, 2.45) is 0 Å². The standard InChI is InChI=1S/C19H34O2/c1-3-4-5-6-7-8-9-10-11-12-13-14-15-16-17-18-19(20)21-2/h9-10,14-15H,3-8,11-13,16-18H2,1-2H3. The highest BCUT2D eigenvalue weighted by Crippen LogP contribution is 2.06. The van der Waals surface area contributed by atoms with Crippen LogP contribution in [0.15, 0.2) is 24.3 Å². The lowest BCUT2D eigenvalue weighted by atomic mass is 10.1. The first-order valence-electron chi connectivity index (χ1n) is 8.68. The Kier molecular flexibility index (Phi) is 16.2. The van der Waals surface area contributed by atoms with E-state index in [0.29, 0.717) is 6.42 Å². The van der Waals surface area contributed by atoms with Gasteiger partial charge in [0.1, 0.15) is 0 Å². The van der Waals surface area contributed by atoms with E-state index in [0.717, 1.165) is 19.3 Å². The molecule has 0 spiro atoms. The molecule has 0 fully saturated rings. The number of ether oxygens (including phenoxy) is 1. The molecule has 0 saturated carbocycles. The molecule has 0 saturated heterocycles. The van der Waals surface area contributed by atoms with Crippen molar-refractivity contribution >= 4 is 5.97 Å². The summed E-state index contributed by atoms with van der Waals surface area (Å²) in [6, 6.07) is 0. The van der Waals surface area contributed by atoms with Crippen LogP contribution in [-0.2, 0) is 9.53 Å². The third-order valence-corrected chi connectivity index (χ3v) is 3.53. The average Bonchev–Trinajstić information content (AvgIpc) is 2.50. The summed E-state index contributed by atoms with van der Waals surface area (Å²) >= 11 is 0. The summed E-state index contributed by atoms with van der Waals surface area (Å²) in [6.45, 7) is 2.26. The van der Waals surface area contributed by atoms with E-state index in [1.807, 2.05) is 0 Å². The van der Waals surface area contributed by atoms with E-state index >= 15 is 0 Å². The van der Waals surface area contributed by atoms with Gasteiger partial charge in [0.2, 0.25) is 0 Å². The fraction of sp³-hybridized carbons (Fsp3) is 0.737. The molecule has 122 valence electrons. The molecule has 0 aliphatic heterocycles. The van der Waals surface area contributed by atoms with Crippen LogP contribution >= 0.6 is 0 Å². The van der Waals surface area contributed by atoms with Gasteiger partial charge in [-0.2, -0.15) is 0 Å². The van der Waals surface area contributed by atoms with E-state index in [9.17, 15) is 4.79 Å². The van der Waals surface area contributed by atoms with Crippen molar-refractivity contribution in [1.29, 1.82) is 0 Å². The van der Waals surface area contributed by atoms with Crippen LogP contribution in [0.2, 0.25) is 0 Å². The smallest absolute Gasteiger partial charge is 0.305 e. The van der Waals surface area contributed by atoms with Gasteiger partial charge in [-0.15, -0.1) is 0 Å². The lowest BCUT2D eigenvalue weighted by molar-refractivity contribution is -0.140. The Morgan fingerprint density at radius 2 is 1.29 bits per heavy atom. The number of hydrogen-bond acceptors (Lipinski definition) is 2. The highest BCUT2D eigenvalue weighted by molar-refractivity contribution is 5.68. The van der Waals surface area contributed by atoms with Crippen LogP contribution in [0.5, 0.6) is 0 Å². The average molecular weight is 294 g/mol. The van der Waals surface area contributed by atoms with Gasteiger partial charge in [0.25, 0.3) is 0 Å². The lowest BCUT2D eigenvalue weighted by Crippen LogP contribution is -1.98. The molecular formula is C19H34O2. The number of rotatable bonds is 14. The van der Waals surface area contributed by atoms with Crippen LogP contribution in [0.4, 0.5) is 0 Å². The van der Waals surface area contributed by atoms with Gasteiger partial charge in [-0.05, 0) is 44.9 Å². The van der Waals surface area contributed by atoms with E-state index in [4.69, 9.17) is 0 Å². The normalized spacial score (nSPS) is 11.5. The van der Waals surface area contributed by atoms with E-state index < -0.39 is 0 Å². The number of hydrogen-bond donors (Lipinski definition) is 0. The Balaban J connectivity index is 3.22. The second-order valence-electron chi connectivity index (χ2n) is 5.54. The molecule has 0 rings (SSSR count). The molecule has 0 aromatic heterocycles. The Labute approximate surface area is 131 Å². The minimum Gasteiger partial charge on any atom is -0.469 e. The summed E-state index contributed by atoms with van der Waals surface area (Å²) in [5.74, 6) is -0.108. The number of carbonyl (C=O) groups excluding carboxylic acids is 1. The SMILES string of the molecule is CCCCCCCC=CCCCC=CCCCC(=O)OC. The van der Waals surface area contributed by atoms with Gasteiger partial charge in [-0.1, -0.05) is 56.9 Å². The molecule has 0 bridgehead atoms. The first-order valence-corrected chi connectivity index (χ1v) is 8.68. The topological polar surface area (TPSA) is 26.3 Å². The van der Waals surface area contributed by atoms with Crippen molar-refractivity contribution in [3.05, 3.63) is 24.3 Å². The monoisotopic (exact) mass is 294 g/mol. The molecule has 0 atom stereocenters. The van der Waals surface area contributed by atoms with E-state index in [2.05, 4.69) is 36.0 Å². The molecule has 0 N–H and O–H groups in total. The van der Waals surface area contributed by atoms with Crippen LogP contribution < -0.4 is 0 Å². The van der Waals surface area contributed by atoms with Crippen LogP contribution in [0, 0.1) is 0 Å². The molecule has 0 aromatic rings. The molecule has 21 heavy (non-hydrogen) atoms. The van der Waals surface area contributed by atoms with Crippen molar-refractivity contribution < 1.29 is 9.53 Å². The van der Waals surface area contributed by atoms with Crippen LogP contribution in [0.1, 0.15) is 84.0 Å². The van der Waals surface area contributed by atoms with Gasteiger partial charge in [-0.3, -0.25) is 4.79 Å². The number of allylic oxidation sites excluding steroid dienone is 4. The second-order valence-corrected chi connectivity index (χ2v) is 5.54. The Hall–Kier alpha value is -1.05. The third kappa shape index (κ3) is 16.9. The maximum atomic E-state index is 10.9. The first kappa shape index (κ1) is 19.9. The van der Waals surface area contributed by atoms with Gasteiger partial charge < -0.3 is 4.74 Å². The van der Waals surface area contributed by atoms with Crippen molar-refractivity contribution in [1.82, 2.24) is 0 Å². The maximum absolute atomic E-state index is 10.9. The Morgan fingerprint density at radius 1 is 0.762 bits per heavy atom. The molecule has 2 nitrogen and oxygen atoms in total. The van der Waals surface area contributed by atoms with Crippen LogP contribution in [0.25, 0.3) is 0 Å². The molecule has 2 heteroatoms. The molecule has 0 aliphatic rings. The van der Waals surface area contributed by atoms with Gasteiger partial charge in [0.05, 0.1) is 7.11 Å². The summed E-state index contributed by atoms with van der Waals surface area (Å²) in [5, 5.41) is 0. The minimum absolute atomic E-state index is 0.108. The molecular weight excluding hydrogens is 260 g/mol. The van der Waals surface area contributed by atoms with Crippen LogP contribution in [0.3, 0.4) is 0 Å². The zero-order valence-corrected chi connectivity index (χ0v) is 14.1. The lowest BCUT2D eigenvalue weighted by Gasteiger charge is -1.96. The van der Waals surface area contributed by atoms with E-state index in [1.54, 1.807) is 0 Å². The first-order chi connectivity index (χ1) is 10.3. The Morgan fingerprint density at radius 3 is 1.86 bits per heavy atom. The summed E-state index contributed by atoms with van der Waals surface area (Å²) in [6.07, 6.45) is 23.1. The number of methoxy groups -OCH3 is 1. The molecule has 0 heterocycles. The summed E-state index contributed by atoms with van der Waals surface area (Å²) in [5.41, 5.74) is 0. The largest absolute Gasteiger partial charge is 0.469 e. The maximum Gasteiger partial charge on any atom is 0.305 e. The predicted octanol–water partition coefficient (Wildman–Crippen LogP) is 5.97. The molecule has 0 unspecified atom stereocenters. The predicted molar refractivity (Wildman–Crippen MR) is 91.4 cm³/mol. The summed E-state index contributed by atoms with van der Waals surface area (Å²) in [7, 11) is 1.44. The molecule has 0 aromatic carbocycles. The van der Waals surface area contributed by atoms with Crippen LogP contribution in [-0.4, -0.2) is 13.1 Å². The van der Waals surface area contributed by atoms with E-state index in [-0.39, 0.29) is 5.97 Å². The fourth-order valence-corrected chi connectivity index (χ4v) is 2.16. The molecule has 0 aliphatic carbocycles. The second kappa shape index (κ2) is 17.0. The van der Waals surface area contributed by atoms with Gasteiger partial charge >= 0.3 is 5.97 Å². The minimum atomic E-state index is -0.108. The zero-order chi connectivity index (χ0) is 15.6. The highest BCUT2D eigenvalue weighted by atomic mass is 16.5. The quantitative estimate of drug-likeness (QED) is 0.224. The summed E-state index contributed by atoms with van der Waals surface area (Å²) in [4.78, 5) is 10.9. The Bertz CT molecular complexity index is 279.